The molecule has 0 heterocycles. The number of amides is 2. The van der Waals surface area contributed by atoms with Gasteiger partial charge in [0.25, 0.3) is 0 Å². The predicted molar refractivity (Wildman–Crippen MR) is 98.0 cm³/mol. The van der Waals surface area contributed by atoms with Crippen molar-refractivity contribution in [3.63, 3.8) is 0 Å². The van der Waals surface area contributed by atoms with Crippen LogP contribution in [0, 0.1) is 5.82 Å². The van der Waals surface area contributed by atoms with Gasteiger partial charge in [0.1, 0.15) is 11.9 Å². The number of hydrogen-bond donors (Lipinski definition) is 2. The van der Waals surface area contributed by atoms with Crippen LogP contribution < -0.4 is 10.6 Å². The molecule has 2 N–H and O–H groups in total. The number of carbonyl (C=O) groups is 2. The first kappa shape index (κ1) is 18.1. The van der Waals surface area contributed by atoms with Crippen LogP contribution in [-0.4, -0.2) is 36.3 Å². The number of anilines is 1. The second kappa shape index (κ2) is 8.10. The summed E-state index contributed by atoms with van der Waals surface area (Å²) in [5.41, 5.74) is 1.29. The Bertz CT molecular complexity index is 760. The fraction of sp³-hybridized carbons (Fsp3) is 0.300. The highest BCUT2D eigenvalue weighted by molar-refractivity contribution is 5.96. The van der Waals surface area contributed by atoms with E-state index in [2.05, 4.69) is 10.6 Å². The molecule has 5 nitrogen and oxygen atoms in total. The summed E-state index contributed by atoms with van der Waals surface area (Å²) in [6.45, 7) is 0.118. The number of nitrogens with one attached hydrogen (secondary N) is 2. The zero-order chi connectivity index (χ0) is 18.5. The van der Waals surface area contributed by atoms with Crippen LogP contribution in [0.5, 0.6) is 0 Å². The van der Waals surface area contributed by atoms with Gasteiger partial charge in [-0.1, -0.05) is 30.3 Å². The molecule has 2 amide bonds. The normalized spacial score (nSPS) is 14.7. The van der Waals surface area contributed by atoms with E-state index in [1.165, 1.54) is 24.3 Å². The summed E-state index contributed by atoms with van der Waals surface area (Å²) in [5.74, 6) is -0.730. The Morgan fingerprint density at radius 2 is 1.77 bits per heavy atom. The monoisotopic (exact) mass is 355 g/mol. The summed E-state index contributed by atoms with van der Waals surface area (Å²) in [7, 11) is 1.74. The molecular formula is C20H22FN3O2. The first-order valence-corrected chi connectivity index (χ1v) is 8.64. The van der Waals surface area contributed by atoms with Crippen LogP contribution in [0.1, 0.15) is 24.4 Å². The molecule has 136 valence electrons. The maximum absolute atomic E-state index is 13.1. The van der Waals surface area contributed by atoms with Gasteiger partial charge >= 0.3 is 0 Å². The van der Waals surface area contributed by atoms with Crippen molar-refractivity contribution < 1.29 is 14.0 Å². The van der Waals surface area contributed by atoms with Gasteiger partial charge in [0.15, 0.2) is 0 Å². The van der Waals surface area contributed by atoms with E-state index in [0.717, 1.165) is 18.4 Å². The molecular weight excluding hydrogens is 333 g/mol. The van der Waals surface area contributed by atoms with Crippen molar-refractivity contribution >= 4 is 17.5 Å². The van der Waals surface area contributed by atoms with Crippen molar-refractivity contribution in [2.75, 3.05) is 18.9 Å². The first-order chi connectivity index (χ1) is 12.5. The Labute approximate surface area is 152 Å². The van der Waals surface area contributed by atoms with Gasteiger partial charge in [-0.3, -0.25) is 14.5 Å². The summed E-state index contributed by atoms with van der Waals surface area (Å²) in [5, 5.41) is 5.73. The van der Waals surface area contributed by atoms with E-state index in [0.29, 0.717) is 5.69 Å². The standard InChI is InChI=1S/C20H22FN3O2/c1-24(13-18(25)22-16-11-12-16)19(14-5-3-2-4-6-14)20(26)23-17-9-7-15(21)8-10-17/h2-10,16,19H,11-13H2,1H3,(H,22,25)(H,23,26)/t19-/m0/s1. The molecule has 1 atom stereocenters. The SMILES string of the molecule is CN(CC(=O)NC1CC1)[C@H](C(=O)Nc1ccc(F)cc1)c1ccccc1. The largest absolute Gasteiger partial charge is 0.352 e. The molecule has 0 spiro atoms. The van der Waals surface area contributed by atoms with E-state index in [9.17, 15) is 14.0 Å². The van der Waals surface area contributed by atoms with Crippen molar-refractivity contribution in [2.45, 2.75) is 24.9 Å². The van der Waals surface area contributed by atoms with Gasteiger partial charge in [-0.2, -0.15) is 0 Å². The Morgan fingerprint density at radius 3 is 2.38 bits per heavy atom. The quantitative estimate of drug-likeness (QED) is 0.803. The minimum Gasteiger partial charge on any atom is -0.352 e. The van der Waals surface area contributed by atoms with E-state index in [1.54, 1.807) is 11.9 Å². The molecule has 26 heavy (non-hydrogen) atoms. The number of halogens is 1. The van der Waals surface area contributed by atoms with Crippen LogP contribution in [0.3, 0.4) is 0 Å². The van der Waals surface area contributed by atoms with E-state index in [4.69, 9.17) is 0 Å². The molecule has 0 unspecified atom stereocenters. The van der Waals surface area contributed by atoms with Crippen LogP contribution in [0.4, 0.5) is 10.1 Å². The molecule has 1 aliphatic carbocycles. The number of hydrogen-bond acceptors (Lipinski definition) is 3. The predicted octanol–water partition coefficient (Wildman–Crippen LogP) is 2.72. The molecule has 1 aliphatic rings. The minimum atomic E-state index is -0.633. The summed E-state index contributed by atoms with van der Waals surface area (Å²) >= 11 is 0. The summed E-state index contributed by atoms with van der Waals surface area (Å²) in [4.78, 5) is 26.7. The molecule has 1 saturated carbocycles. The average molecular weight is 355 g/mol. The van der Waals surface area contributed by atoms with Crippen molar-refractivity contribution in [1.29, 1.82) is 0 Å². The summed E-state index contributed by atoms with van der Waals surface area (Å²) < 4.78 is 13.1. The van der Waals surface area contributed by atoms with Gasteiger partial charge < -0.3 is 10.6 Å². The van der Waals surface area contributed by atoms with Gasteiger partial charge in [0, 0.05) is 11.7 Å². The highest BCUT2D eigenvalue weighted by Crippen LogP contribution is 2.22. The Morgan fingerprint density at radius 1 is 1.12 bits per heavy atom. The third-order valence-corrected chi connectivity index (χ3v) is 4.25. The number of benzene rings is 2. The van der Waals surface area contributed by atoms with Gasteiger partial charge in [-0.05, 0) is 49.7 Å². The van der Waals surface area contributed by atoms with E-state index >= 15 is 0 Å². The molecule has 0 aromatic heterocycles. The van der Waals surface area contributed by atoms with Crippen LogP contribution in [-0.2, 0) is 9.59 Å². The smallest absolute Gasteiger partial charge is 0.246 e. The fourth-order valence-electron chi connectivity index (χ4n) is 2.80. The van der Waals surface area contributed by atoms with Crippen LogP contribution in [0.15, 0.2) is 54.6 Å². The zero-order valence-electron chi connectivity index (χ0n) is 14.6. The van der Waals surface area contributed by atoms with Gasteiger partial charge in [-0.15, -0.1) is 0 Å². The minimum absolute atomic E-state index is 0.0921. The summed E-state index contributed by atoms with van der Waals surface area (Å²) in [6, 6.07) is 14.5. The van der Waals surface area contributed by atoms with E-state index in [-0.39, 0.29) is 30.2 Å². The lowest BCUT2D eigenvalue weighted by atomic mass is 10.0. The molecule has 6 heteroatoms. The third-order valence-electron chi connectivity index (χ3n) is 4.25. The number of nitrogens with zero attached hydrogens (tertiary/aromatic N) is 1. The number of carbonyl (C=O) groups excluding carboxylic acids is 2. The third kappa shape index (κ3) is 4.89. The molecule has 1 fully saturated rings. The zero-order valence-corrected chi connectivity index (χ0v) is 14.6. The van der Waals surface area contributed by atoms with Crippen molar-refractivity contribution in [3.05, 3.63) is 66.0 Å². The molecule has 0 aliphatic heterocycles. The fourth-order valence-corrected chi connectivity index (χ4v) is 2.80. The average Bonchev–Trinajstić information content (AvgIpc) is 3.42. The maximum atomic E-state index is 13.1. The highest BCUT2D eigenvalue weighted by atomic mass is 19.1. The Kier molecular flexibility index (Phi) is 5.63. The molecule has 2 aromatic rings. The second-order valence-electron chi connectivity index (χ2n) is 6.57. The molecule has 0 saturated heterocycles. The number of likely N-dealkylation sites (N-methyl/N-ethyl adjacent to an activating group) is 1. The lowest BCUT2D eigenvalue weighted by molar-refractivity contribution is -0.125. The topological polar surface area (TPSA) is 61.4 Å². The second-order valence-corrected chi connectivity index (χ2v) is 6.57. The Hall–Kier alpha value is -2.73. The van der Waals surface area contributed by atoms with E-state index in [1.807, 2.05) is 30.3 Å². The molecule has 3 rings (SSSR count). The molecule has 0 bridgehead atoms. The summed E-state index contributed by atoms with van der Waals surface area (Å²) in [6.07, 6.45) is 2.03. The van der Waals surface area contributed by atoms with Crippen LogP contribution in [0.25, 0.3) is 0 Å². The van der Waals surface area contributed by atoms with Crippen LogP contribution in [0.2, 0.25) is 0 Å². The molecule has 2 aromatic carbocycles. The lowest BCUT2D eigenvalue weighted by Gasteiger charge is -2.27. The highest BCUT2D eigenvalue weighted by Gasteiger charge is 2.29. The van der Waals surface area contributed by atoms with Gasteiger partial charge in [-0.25, -0.2) is 4.39 Å². The van der Waals surface area contributed by atoms with E-state index < -0.39 is 6.04 Å². The Balaban J connectivity index is 1.74. The van der Waals surface area contributed by atoms with Crippen molar-refractivity contribution in [2.24, 2.45) is 0 Å². The van der Waals surface area contributed by atoms with Gasteiger partial charge in [0.05, 0.1) is 6.54 Å². The molecule has 0 radical (unpaired) electrons. The first-order valence-electron chi connectivity index (χ1n) is 8.64. The lowest BCUT2D eigenvalue weighted by Crippen LogP contribution is -2.41. The maximum Gasteiger partial charge on any atom is 0.246 e. The van der Waals surface area contributed by atoms with Crippen molar-refractivity contribution in [1.82, 2.24) is 10.2 Å². The number of rotatable bonds is 7. The van der Waals surface area contributed by atoms with Crippen LogP contribution >= 0.6 is 0 Å². The van der Waals surface area contributed by atoms with Crippen molar-refractivity contribution in [3.8, 4) is 0 Å². The van der Waals surface area contributed by atoms with Gasteiger partial charge in [0.2, 0.25) is 11.8 Å².